The molecule has 138 valence electrons. The van der Waals surface area contributed by atoms with E-state index < -0.39 is 48.9 Å². The highest BCUT2D eigenvalue weighted by Gasteiger charge is 2.61. The van der Waals surface area contributed by atoms with Crippen LogP contribution in [0.5, 0.6) is 0 Å². The maximum atomic E-state index is 13.9. The van der Waals surface area contributed by atoms with Crippen molar-refractivity contribution in [3.8, 4) is 0 Å². The van der Waals surface area contributed by atoms with Gasteiger partial charge in [0.1, 0.15) is 18.8 Å². The summed E-state index contributed by atoms with van der Waals surface area (Å²) in [7, 11) is 0. The Hall–Kier alpha value is -2.19. The van der Waals surface area contributed by atoms with Crippen LogP contribution in [-0.2, 0) is 20.9 Å². The number of carbonyl (C=O) groups is 2. The monoisotopic (exact) mass is 365 g/mol. The van der Waals surface area contributed by atoms with Crippen LogP contribution in [0, 0.1) is 0 Å². The number of carbonyl (C=O) groups excluding carboxylic acids is 2. The molecule has 0 radical (unpaired) electrons. The van der Waals surface area contributed by atoms with Crippen molar-refractivity contribution in [1.29, 1.82) is 0 Å². The van der Waals surface area contributed by atoms with Crippen molar-refractivity contribution in [2.45, 2.75) is 44.0 Å². The number of nitrogens with zero attached hydrogens (tertiary/aromatic N) is 1. The largest absolute Gasteiger partial charge is 0.459 e. The number of hydrogen-bond donors (Lipinski definition) is 0. The van der Waals surface area contributed by atoms with Gasteiger partial charge in [-0.05, 0) is 12.5 Å². The molecule has 1 aliphatic rings. The molecule has 1 aromatic carbocycles. The minimum Gasteiger partial charge on any atom is -0.459 e. The number of alkyl halides is 5. The third-order valence-corrected chi connectivity index (χ3v) is 3.94. The molecule has 9 heteroatoms. The highest BCUT2D eigenvalue weighted by molar-refractivity contribution is 5.90. The first-order valence-electron chi connectivity index (χ1n) is 7.45. The van der Waals surface area contributed by atoms with Gasteiger partial charge in [0.15, 0.2) is 0 Å². The molecule has 1 aliphatic heterocycles. The highest BCUT2D eigenvalue weighted by atomic mass is 19.4. The van der Waals surface area contributed by atoms with Crippen molar-refractivity contribution < 1.29 is 36.3 Å². The molecule has 4 nitrogen and oxygen atoms in total. The number of halogens is 5. The first-order chi connectivity index (χ1) is 11.5. The molecule has 0 spiro atoms. The summed E-state index contributed by atoms with van der Waals surface area (Å²) in [6, 6.07) is 6.79. The quantitative estimate of drug-likeness (QED) is 0.609. The Labute approximate surface area is 140 Å². The Morgan fingerprint density at radius 3 is 2.36 bits per heavy atom. The Morgan fingerprint density at radius 2 is 1.80 bits per heavy atom. The van der Waals surface area contributed by atoms with Crippen molar-refractivity contribution in [2.75, 3.05) is 6.54 Å². The lowest BCUT2D eigenvalue weighted by molar-refractivity contribution is -0.227. The van der Waals surface area contributed by atoms with E-state index in [0.717, 1.165) is 0 Å². The molecule has 1 aromatic rings. The number of esters is 1. The number of rotatable bonds is 4. The molecule has 1 unspecified atom stereocenters. The van der Waals surface area contributed by atoms with Crippen LogP contribution in [0.25, 0.3) is 0 Å². The van der Waals surface area contributed by atoms with Gasteiger partial charge in [0, 0.05) is 6.42 Å². The second-order valence-corrected chi connectivity index (χ2v) is 5.90. The second kappa shape index (κ2) is 6.97. The van der Waals surface area contributed by atoms with E-state index in [1.54, 1.807) is 30.3 Å². The third-order valence-electron chi connectivity index (χ3n) is 3.94. The summed E-state index contributed by atoms with van der Waals surface area (Å²) in [6.45, 7) is -0.936. The highest BCUT2D eigenvalue weighted by Crippen LogP contribution is 2.37. The summed E-state index contributed by atoms with van der Waals surface area (Å²) in [4.78, 5) is 24.2. The summed E-state index contributed by atoms with van der Waals surface area (Å²) < 4.78 is 70.5. The van der Waals surface area contributed by atoms with Crippen LogP contribution in [0.4, 0.5) is 22.0 Å². The number of ether oxygens (including phenoxy) is 1. The number of benzene rings is 1. The van der Waals surface area contributed by atoms with E-state index in [0.29, 0.717) is 5.56 Å². The second-order valence-electron chi connectivity index (χ2n) is 5.90. The van der Waals surface area contributed by atoms with Crippen LogP contribution < -0.4 is 0 Å². The molecule has 1 amide bonds. The van der Waals surface area contributed by atoms with Gasteiger partial charge < -0.3 is 9.64 Å². The van der Waals surface area contributed by atoms with Gasteiger partial charge in [-0.3, -0.25) is 4.79 Å². The smallest absolute Gasteiger partial charge is 0.431 e. The normalized spacial score (nSPS) is 23.2. The average Bonchev–Trinajstić information content (AvgIpc) is 2.93. The predicted octanol–water partition coefficient (Wildman–Crippen LogP) is 2.96. The SMILES string of the molecule is CC(F)(C(=O)N1C[C@H](F)C[C@H]1C(=O)OCc1ccccc1)C(F)(F)F. The van der Waals surface area contributed by atoms with Crippen molar-refractivity contribution in [3.05, 3.63) is 35.9 Å². The fourth-order valence-electron chi connectivity index (χ4n) is 2.45. The van der Waals surface area contributed by atoms with Crippen molar-refractivity contribution in [3.63, 3.8) is 0 Å². The molecule has 1 fully saturated rings. The molecule has 1 heterocycles. The molecule has 3 atom stereocenters. The van der Waals surface area contributed by atoms with Gasteiger partial charge in [-0.1, -0.05) is 30.3 Å². The molecule has 1 saturated heterocycles. The molecule has 25 heavy (non-hydrogen) atoms. The zero-order valence-corrected chi connectivity index (χ0v) is 13.2. The Bertz CT molecular complexity index is 632. The van der Waals surface area contributed by atoms with Gasteiger partial charge in [0.2, 0.25) is 0 Å². The van der Waals surface area contributed by atoms with Crippen LogP contribution >= 0.6 is 0 Å². The van der Waals surface area contributed by atoms with Gasteiger partial charge in [0.05, 0.1) is 6.54 Å². The van der Waals surface area contributed by atoms with Crippen LogP contribution in [0.1, 0.15) is 18.9 Å². The topological polar surface area (TPSA) is 46.6 Å². The fraction of sp³-hybridized carbons (Fsp3) is 0.500. The van der Waals surface area contributed by atoms with E-state index in [-0.39, 0.29) is 18.4 Å². The fourth-order valence-corrected chi connectivity index (χ4v) is 2.45. The number of amides is 1. The lowest BCUT2D eigenvalue weighted by atomic mass is 10.1. The van der Waals surface area contributed by atoms with E-state index in [2.05, 4.69) is 0 Å². The van der Waals surface area contributed by atoms with Gasteiger partial charge in [-0.2, -0.15) is 13.2 Å². The molecule has 0 N–H and O–H groups in total. The predicted molar refractivity (Wildman–Crippen MR) is 76.8 cm³/mol. The summed E-state index contributed by atoms with van der Waals surface area (Å²) in [5.74, 6) is -3.07. The Kier molecular flexibility index (Phi) is 5.34. The first-order valence-corrected chi connectivity index (χ1v) is 7.45. The third kappa shape index (κ3) is 4.08. The molecule has 2 rings (SSSR count). The van der Waals surface area contributed by atoms with E-state index >= 15 is 0 Å². The number of likely N-dealkylation sites (tertiary alicyclic amines) is 1. The van der Waals surface area contributed by atoms with Crippen LogP contribution in [0.3, 0.4) is 0 Å². The van der Waals surface area contributed by atoms with E-state index in [9.17, 15) is 31.5 Å². The summed E-state index contributed by atoms with van der Waals surface area (Å²) in [5.41, 5.74) is -3.61. The van der Waals surface area contributed by atoms with E-state index in [1.165, 1.54) is 0 Å². The number of hydrogen-bond acceptors (Lipinski definition) is 3. The molecule has 0 aliphatic carbocycles. The van der Waals surface area contributed by atoms with Gasteiger partial charge >= 0.3 is 12.1 Å². The van der Waals surface area contributed by atoms with Gasteiger partial charge in [-0.15, -0.1) is 0 Å². The van der Waals surface area contributed by atoms with E-state index in [1.807, 2.05) is 0 Å². The Morgan fingerprint density at radius 1 is 1.20 bits per heavy atom. The molecule has 0 saturated carbocycles. The minimum absolute atomic E-state index is 0.0489. The van der Waals surface area contributed by atoms with Gasteiger partial charge in [0.25, 0.3) is 11.6 Å². The average molecular weight is 365 g/mol. The zero-order valence-electron chi connectivity index (χ0n) is 13.2. The zero-order chi connectivity index (χ0) is 18.8. The van der Waals surface area contributed by atoms with Crippen molar-refractivity contribution in [1.82, 2.24) is 4.90 Å². The maximum Gasteiger partial charge on any atom is 0.431 e. The molecular formula is C16H16F5NO3. The lowest BCUT2D eigenvalue weighted by Crippen LogP contribution is -2.55. The molecule has 0 aromatic heterocycles. The van der Waals surface area contributed by atoms with Crippen LogP contribution in [-0.4, -0.2) is 47.4 Å². The molecule has 0 bridgehead atoms. The lowest BCUT2D eigenvalue weighted by Gasteiger charge is -2.30. The first kappa shape index (κ1) is 19.1. The Balaban J connectivity index is 2.10. The van der Waals surface area contributed by atoms with E-state index in [4.69, 9.17) is 4.74 Å². The van der Waals surface area contributed by atoms with Crippen LogP contribution in [0.15, 0.2) is 30.3 Å². The molecular weight excluding hydrogens is 349 g/mol. The van der Waals surface area contributed by atoms with Gasteiger partial charge in [-0.25, -0.2) is 13.6 Å². The van der Waals surface area contributed by atoms with Crippen LogP contribution in [0.2, 0.25) is 0 Å². The maximum absolute atomic E-state index is 13.9. The van der Waals surface area contributed by atoms with Crippen molar-refractivity contribution >= 4 is 11.9 Å². The summed E-state index contributed by atoms with van der Waals surface area (Å²) in [6.07, 6.45) is -7.74. The minimum atomic E-state index is -5.48. The summed E-state index contributed by atoms with van der Waals surface area (Å²) >= 11 is 0. The summed E-state index contributed by atoms with van der Waals surface area (Å²) in [5, 5.41) is 0. The standard InChI is InChI=1S/C16H16F5NO3/c1-15(18,16(19,20)21)14(24)22-8-11(17)7-12(22)13(23)25-9-10-5-3-2-4-6-10/h2-6,11-12H,7-9H2,1H3/t11-,12+,15?/m1/s1. The van der Waals surface area contributed by atoms with Crippen molar-refractivity contribution in [2.24, 2.45) is 0 Å².